The van der Waals surface area contributed by atoms with Crippen LogP contribution in [-0.4, -0.2) is 35.2 Å². The van der Waals surface area contributed by atoms with Crippen LogP contribution in [0.1, 0.15) is 0 Å². The van der Waals surface area contributed by atoms with Crippen LogP contribution in [0.25, 0.3) is 11.5 Å². The maximum Gasteiger partial charge on any atom is 0.421 e. The Morgan fingerprint density at radius 2 is 1.94 bits per heavy atom. The van der Waals surface area contributed by atoms with E-state index in [-0.39, 0.29) is 17.5 Å². The maximum atomic E-state index is 10.5. The van der Waals surface area contributed by atoms with Gasteiger partial charge in [-0.15, -0.1) is 20.5 Å². The number of nitrogens with one attached hydrogen (secondary N) is 1. The molecular weight excluding hydrogens is 234 g/mol. The molecule has 0 aliphatic carbocycles. The third-order valence-electron chi connectivity index (χ3n) is 1.64. The zero-order valence-corrected chi connectivity index (χ0v) is 8.31. The number of hydrogen-bond acceptors (Lipinski definition) is 10. The van der Waals surface area contributed by atoms with E-state index in [1.807, 2.05) is 0 Å². The minimum atomic E-state index is -0.719. The summed E-state index contributed by atoms with van der Waals surface area (Å²) in [6.45, 7) is 0. The van der Waals surface area contributed by atoms with E-state index in [2.05, 4.69) is 37.3 Å². The first-order valence-electron chi connectivity index (χ1n) is 3.96. The highest BCUT2D eigenvalue weighted by atomic mass is 16.6. The maximum absolute atomic E-state index is 10.5. The Bertz CT molecular complexity index is 513. The van der Waals surface area contributed by atoms with Gasteiger partial charge in [-0.25, -0.2) is 4.68 Å². The van der Waals surface area contributed by atoms with E-state index < -0.39 is 10.7 Å². The predicted molar refractivity (Wildman–Crippen MR) is 55.0 cm³/mol. The summed E-state index contributed by atoms with van der Waals surface area (Å²) in [6.07, 6.45) is 0. The second-order valence-corrected chi connectivity index (χ2v) is 2.50. The average molecular weight is 243 g/mol. The van der Waals surface area contributed by atoms with Gasteiger partial charge in [0.2, 0.25) is 17.5 Å². The molecule has 0 atom stereocenters. The highest BCUT2D eigenvalue weighted by Crippen LogP contribution is 2.22. The minimum Gasteiger partial charge on any atom is -0.366 e. The molecule has 0 amide bonds. The van der Waals surface area contributed by atoms with E-state index in [4.69, 9.17) is 11.6 Å². The number of hydrogen-bond donors (Lipinski definition) is 5. The quantitative estimate of drug-likeness (QED) is 0.205. The fraction of sp³-hybridized carbons (Fsp3) is 0. The summed E-state index contributed by atoms with van der Waals surface area (Å²) < 4.78 is 0.880. The second kappa shape index (κ2) is 4.81. The van der Waals surface area contributed by atoms with Crippen molar-refractivity contribution in [2.45, 2.75) is 0 Å². The number of rotatable bonds is 2. The van der Waals surface area contributed by atoms with Gasteiger partial charge in [0.1, 0.15) is 0 Å². The van der Waals surface area contributed by atoms with Crippen molar-refractivity contribution in [2.24, 2.45) is 11.7 Å². The Kier molecular flexibility index (Phi) is 3.48. The van der Waals surface area contributed by atoms with E-state index in [0.717, 1.165) is 4.68 Å². The van der Waals surface area contributed by atoms with Crippen LogP contribution in [0, 0.1) is 10.1 Å². The van der Waals surface area contributed by atoms with Gasteiger partial charge in [0.15, 0.2) is 0 Å². The summed E-state index contributed by atoms with van der Waals surface area (Å²) in [5.41, 5.74) is 5.19. The molecule has 0 radical (unpaired) electrons. The first kappa shape index (κ1) is 12.3. The van der Waals surface area contributed by atoms with Gasteiger partial charge in [-0.3, -0.25) is 11.7 Å². The summed E-state index contributed by atoms with van der Waals surface area (Å²) in [5, 5.41) is 26.5. The van der Waals surface area contributed by atoms with Gasteiger partial charge in [0.05, 0.1) is 5.10 Å². The number of nitrogens with two attached hydrogens (primary N) is 4. The molecule has 0 aliphatic heterocycles. The molecule has 0 saturated heterocycles. The molecule has 2 aromatic heterocycles. The lowest BCUT2D eigenvalue weighted by Crippen LogP contribution is -2.13. The Hall–Kier alpha value is -2.80. The number of H-pyrrole nitrogens is 1. The molecule has 0 fully saturated rings. The number of nitro groups is 1. The third-order valence-corrected chi connectivity index (χ3v) is 1.64. The van der Waals surface area contributed by atoms with Crippen molar-refractivity contribution in [3.63, 3.8) is 0 Å². The van der Waals surface area contributed by atoms with Crippen molar-refractivity contribution in [1.82, 2.24) is 30.3 Å². The van der Waals surface area contributed by atoms with Crippen LogP contribution in [0.4, 0.5) is 11.8 Å². The Morgan fingerprint density at radius 3 is 2.41 bits per heavy atom. The normalized spacial score (nSPS) is 9.53. The Labute approximate surface area is 92.9 Å². The fourth-order valence-electron chi connectivity index (χ4n) is 0.968. The number of nitrogen functional groups attached to an aromatic ring is 2. The van der Waals surface area contributed by atoms with E-state index in [0.29, 0.717) is 0 Å². The fourth-order valence-corrected chi connectivity index (χ4v) is 0.968. The summed E-state index contributed by atoms with van der Waals surface area (Å²) in [7, 11) is 0. The largest absolute Gasteiger partial charge is 0.421 e. The lowest BCUT2D eigenvalue weighted by atomic mass is 10.4. The molecule has 2 heterocycles. The smallest absolute Gasteiger partial charge is 0.366 e. The van der Waals surface area contributed by atoms with Gasteiger partial charge in [-0.05, 0) is 4.92 Å². The number of aromatic nitrogens is 6. The molecule has 9 N–H and O–H groups in total. The molecule has 0 unspecified atom stereocenters. The summed E-state index contributed by atoms with van der Waals surface area (Å²) in [4.78, 5) is 9.81. The highest BCUT2D eigenvalue weighted by Gasteiger charge is 2.26. The van der Waals surface area contributed by atoms with Crippen molar-refractivity contribution in [3.8, 4) is 11.5 Å². The second-order valence-electron chi connectivity index (χ2n) is 2.50. The monoisotopic (exact) mass is 243 g/mol. The van der Waals surface area contributed by atoms with Gasteiger partial charge in [-0.1, -0.05) is 0 Å². The first-order chi connectivity index (χ1) is 8.11. The van der Waals surface area contributed by atoms with Crippen molar-refractivity contribution < 1.29 is 4.92 Å². The Morgan fingerprint density at radius 1 is 1.29 bits per heavy atom. The van der Waals surface area contributed by atoms with Crippen LogP contribution < -0.4 is 23.3 Å². The molecule has 0 aromatic carbocycles. The number of nitrogens with zero attached hydrogens (tertiary/aromatic N) is 6. The molecule has 2 aromatic rings. The summed E-state index contributed by atoms with van der Waals surface area (Å²) >= 11 is 0. The topological polar surface area (TPSA) is 220 Å². The van der Waals surface area contributed by atoms with E-state index in [1.54, 1.807) is 0 Å². The molecule has 92 valence electrons. The number of aromatic amines is 1. The molecule has 0 spiro atoms. The van der Waals surface area contributed by atoms with Crippen LogP contribution in [-0.2, 0) is 0 Å². The van der Waals surface area contributed by atoms with Crippen LogP contribution in [0.5, 0.6) is 0 Å². The molecule has 13 nitrogen and oxygen atoms in total. The standard InChI is InChI=1S/C4H5N9O2.H4N2/c5-4-10-8-2(12(4)6)1-3(13(14)15)9-11-7-1;1-2/h6H2,(H2,5,10)(H,7,9,11);1-2H2. The first-order valence-corrected chi connectivity index (χ1v) is 3.96. The zero-order valence-electron chi connectivity index (χ0n) is 8.31. The zero-order chi connectivity index (χ0) is 13.0. The SMILES string of the molecule is NN.Nc1nnc(-c2n[nH]nc2[N+](=O)[O-])n1N. The van der Waals surface area contributed by atoms with E-state index in [9.17, 15) is 10.1 Å². The van der Waals surface area contributed by atoms with Crippen LogP contribution in [0.15, 0.2) is 0 Å². The predicted octanol–water partition coefficient (Wildman–Crippen LogP) is -2.91. The van der Waals surface area contributed by atoms with Crippen LogP contribution in [0.3, 0.4) is 0 Å². The van der Waals surface area contributed by atoms with Crippen molar-refractivity contribution in [1.29, 1.82) is 0 Å². The molecule has 0 bridgehead atoms. The number of hydrazine groups is 1. The molecule has 0 saturated carbocycles. The van der Waals surface area contributed by atoms with E-state index in [1.165, 1.54) is 0 Å². The van der Waals surface area contributed by atoms with Gasteiger partial charge in [-0.2, -0.15) is 0 Å². The van der Waals surface area contributed by atoms with Crippen molar-refractivity contribution >= 4 is 11.8 Å². The molecule has 13 heteroatoms. The van der Waals surface area contributed by atoms with Gasteiger partial charge >= 0.3 is 5.82 Å². The van der Waals surface area contributed by atoms with Gasteiger partial charge in [0.25, 0.3) is 0 Å². The Balaban J connectivity index is 0.000000686. The van der Waals surface area contributed by atoms with Crippen molar-refractivity contribution in [3.05, 3.63) is 10.1 Å². The van der Waals surface area contributed by atoms with Crippen LogP contribution in [0.2, 0.25) is 0 Å². The molecular formula is C4H9N11O2. The van der Waals surface area contributed by atoms with Gasteiger partial charge in [0, 0.05) is 0 Å². The third kappa shape index (κ3) is 2.08. The average Bonchev–Trinajstić information content (AvgIpc) is 2.90. The van der Waals surface area contributed by atoms with Crippen LogP contribution >= 0.6 is 0 Å². The van der Waals surface area contributed by atoms with E-state index >= 15 is 0 Å². The lowest BCUT2D eigenvalue weighted by molar-refractivity contribution is -0.388. The minimum absolute atomic E-state index is 0.0343. The van der Waals surface area contributed by atoms with Crippen molar-refractivity contribution in [2.75, 3.05) is 11.6 Å². The lowest BCUT2D eigenvalue weighted by Gasteiger charge is -1.96. The summed E-state index contributed by atoms with van der Waals surface area (Å²) in [5.74, 6) is 12.8. The number of anilines is 1. The molecule has 2 rings (SSSR count). The summed E-state index contributed by atoms with van der Waals surface area (Å²) in [6, 6.07) is 0. The molecule has 0 aliphatic rings. The van der Waals surface area contributed by atoms with Gasteiger partial charge < -0.3 is 21.7 Å². The molecule has 17 heavy (non-hydrogen) atoms. The highest BCUT2D eigenvalue weighted by molar-refractivity contribution is 5.60.